The highest BCUT2D eigenvalue weighted by atomic mass is 35.5. The van der Waals surface area contributed by atoms with Gasteiger partial charge in [-0.3, -0.25) is 14.5 Å². The number of hydrogen-bond donors (Lipinski definition) is 1. The van der Waals surface area contributed by atoms with Crippen LogP contribution in [0, 0.1) is 0 Å². The maximum atomic E-state index is 12.5. The van der Waals surface area contributed by atoms with E-state index in [0.717, 1.165) is 18.4 Å². The summed E-state index contributed by atoms with van der Waals surface area (Å²) in [6.07, 6.45) is 2.07. The summed E-state index contributed by atoms with van der Waals surface area (Å²) in [5.41, 5.74) is 0.973. The Morgan fingerprint density at radius 2 is 1.92 bits per heavy atom. The lowest BCUT2D eigenvalue weighted by Crippen LogP contribution is -2.47. The number of benzene rings is 1. The Morgan fingerprint density at radius 1 is 1.25 bits per heavy atom. The van der Waals surface area contributed by atoms with Crippen LogP contribution in [0.25, 0.3) is 0 Å². The zero-order valence-electron chi connectivity index (χ0n) is 14.2. The van der Waals surface area contributed by atoms with Crippen molar-refractivity contribution in [3.8, 4) is 0 Å². The van der Waals surface area contributed by atoms with Gasteiger partial charge in [0.25, 0.3) is 0 Å². The van der Waals surface area contributed by atoms with Crippen LogP contribution in [-0.4, -0.2) is 54.3 Å². The molecule has 0 aliphatic heterocycles. The van der Waals surface area contributed by atoms with Crippen molar-refractivity contribution >= 4 is 35.0 Å². The Morgan fingerprint density at radius 3 is 2.50 bits per heavy atom. The number of rotatable bonds is 7. The van der Waals surface area contributed by atoms with E-state index in [1.54, 1.807) is 19.2 Å². The van der Waals surface area contributed by atoms with Crippen molar-refractivity contribution in [3.63, 3.8) is 0 Å². The Hall–Kier alpha value is -1.30. The molecule has 0 aromatic heterocycles. The predicted octanol–water partition coefficient (Wildman–Crippen LogP) is 2.55. The fourth-order valence-electron chi connectivity index (χ4n) is 2.36. The summed E-state index contributed by atoms with van der Waals surface area (Å²) in [5, 5.41) is 3.89. The molecule has 132 valence electrons. The number of nitrogens with one attached hydrogen (secondary N) is 1. The Balaban J connectivity index is 1.87. The van der Waals surface area contributed by atoms with Crippen molar-refractivity contribution in [2.24, 2.45) is 0 Å². The molecule has 1 atom stereocenters. The lowest BCUT2D eigenvalue weighted by molar-refractivity contribution is -0.138. The summed E-state index contributed by atoms with van der Waals surface area (Å²) < 4.78 is 0. The van der Waals surface area contributed by atoms with Crippen LogP contribution in [0.4, 0.5) is 0 Å². The molecule has 1 unspecified atom stereocenters. The minimum atomic E-state index is -0.349. The molecule has 5 nitrogen and oxygen atoms in total. The summed E-state index contributed by atoms with van der Waals surface area (Å²) in [6, 6.07) is 5.38. The third kappa shape index (κ3) is 5.36. The zero-order chi connectivity index (χ0) is 17.9. The number of halogens is 2. The number of carbonyl (C=O) groups excluding carboxylic acids is 2. The van der Waals surface area contributed by atoms with Crippen LogP contribution in [0.2, 0.25) is 10.0 Å². The highest BCUT2D eigenvalue weighted by molar-refractivity contribution is 6.42. The summed E-state index contributed by atoms with van der Waals surface area (Å²) in [6.45, 7) is 2.47. The molecule has 0 radical (unpaired) electrons. The van der Waals surface area contributed by atoms with E-state index in [2.05, 4.69) is 5.32 Å². The SMILES string of the molecule is CC(C(=O)N(C)CC(=O)NC1CC1)N(C)Cc1ccc(Cl)c(Cl)c1. The predicted molar refractivity (Wildman–Crippen MR) is 96.2 cm³/mol. The minimum Gasteiger partial charge on any atom is -0.352 e. The number of hydrogen-bond acceptors (Lipinski definition) is 3. The molecule has 1 saturated carbocycles. The molecule has 2 amide bonds. The van der Waals surface area contributed by atoms with Crippen molar-refractivity contribution in [1.29, 1.82) is 0 Å². The normalized spacial score (nSPS) is 15.2. The van der Waals surface area contributed by atoms with E-state index in [4.69, 9.17) is 23.2 Å². The third-order valence-electron chi connectivity index (χ3n) is 4.13. The molecule has 1 fully saturated rings. The van der Waals surface area contributed by atoms with Crippen LogP contribution in [0.3, 0.4) is 0 Å². The van der Waals surface area contributed by atoms with Gasteiger partial charge in [-0.25, -0.2) is 0 Å². The van der Waals surface area contributed by atoms with Crippen LogP contribution in [0.15, 0.2) is 18.2 Å². The van der Waals surface area contributed by atoms with Gasteiger partial charge in [0.15, 0.2) is 0 Å². The molecule has 1 aliphatic carbocycles. The van der Waals surface area contributed by atoms with Crippen molar-refractivity contribution in [2.75, 3.05) is 20.6 Å². The second-order valence-electron chi connectivity index (χ2n) is 6.38. The van der Waals surface area contributed by atoms with Gasteiger partial charge in [0.05, 0.1) is 22.6 Å². The third-order valence-corrected chi connectivity index (χ3v) is 4.87. The molecular weight excluding hydrogens is 349 g/mol. The monoisotopic (exact) mass is 371 g/mol. The molecule has 1 aromatic carbocycles. The topological polar surface area (TPSA) is 52.7 Å². The quantitative estimate of drug-likeness (QED) is 0.801. The maximum absolute atomic E-state index is 12.5. The number of carbonyl (C=O) groups is 2. The standard InChI is InChI=1S/C17H23Cl2N3O2/c1-11(17(24)22(3)10-16(23)20-13-5-6-13)21(2)9-12-4-7-14(18)15(19)8-12/h4,7-8,11,13H,5-6,9-10H2,1-3H3,(H,20,23). The lowest BCUT2D eigenvalue weighted by Gasteiger charge is -2.28. The van der Waals surface area contributed by atoms with Gasteiger partial charge in [-0.1, -0.05) is 29.3 Å². The minimum absolute atomic E-state index is 0.0836. The first-order valence-electron chi connectivity index (χ1n) is 7.96. The molecule has 2 rings (SSSR count). The van der Waals surface area contributed by atoms with E-state index in [1.165, 1.54) is 4.90 Å². The molecule has 0 saturated heterocycles. The zero-order valence-corrected chi connectivity index (χ0v) is 15.7. The van der Waals surface area contributed by atoms with Gasteiger partial charge < -0.3 is 10.2 Å². The van der Waals surface area contributed by atoms with E-state index in [1.807, 2.05) is 24.9 Å². The van der Waals surface area contributed by atoms with Crippen molar-refractivity contribution < 1.29 is 9.59 Å². The average Bonchev–Trinajstić information content (AvgIpc) is 3.33. The smallest absolute Gasteiger partial charge is 0.239 e. The second-order valence-corrected chi connectivity index (χ2v) is 7.19. The molecule has 1 aliphatic rings. The van der Waals surface area contributed by atoms with E-state index in [0.29, 0.717) is 22.6 Å². The fourth-order valence-corrected chi connectivity index (χ4v) is 2.69. The van der Waals surface area contributed by atoms with Crippen LogP contribution in [0.5, 0.6) is 0 Å². The van der Waals surface area contributed by atoms with Crippen LogP contribution in [-0.2, 0) is 16.1 Å². The van der Waals surface area contributed by atoms with Crippen LogP contribution < -0.4 is 5.32 Å². The highest BCUT2D eigenvalue weighted by Crippen LogP contribution is 2.23. The van der Waals surface area contributed by atoms with E-state index in [9.17, 15) is 9.59 Å². The van der Waals surface area contributed by atoms with Gasteiger partial charge in [-0.2, -0.15) is 0 Å². The van der Waals surface area contributed by atoms with Crippen molar-refractivity contribution in [2.45, 2.75) is 38.4 Å². The summed E-state index contributed by atoms with van der Waals surface area (Å²) in [5.74, 6) is -0.198. The second kappa shape index (κ2) is 8.19. The van der Waals surface area contributed by atoms with E-state index in [-0.39, 0.29) is 24.4 Å². The summed E-state index contributed by atoms with van der Waals surface area (Å²) in [4.78, 5) is 27.7. The van der Waals surface area contributed by atoms with Crippen LogP contribution >= 0.6 is 23.2 Å². The number of nitrogens with zero attached hydrogens (tertiary/aromatic N) is 2. The fraction of sp³-hybridized carbons (Fsp3) is 0.529. The summed E-state index contributed by atoms with van der Waals surface area (Å²) in [7, 11) is 3.52. The summed E-state index contributed by atoms with van der Waals surface area (Å²) >= 11 is 11.9. The first-order valence-corrected chi connectivity index (χ1v) is 8.72. The molecule has 0 spiro atoms. The Bertz CT molecular complexity index is 620. The first kappa shape index (κ1) is 19.0. The van der Waals surface area contributed by atoms with Gasteiger partial charge in [0.1, 0.15) is 0 Å². The molecule has 0 heterocycles. The highest BCUT2D eigenvalue weighted by Gasteiger charge is 2.26. The van der Waals surface area contributed by atoms with Crippen molar-refractivity contribution in [3.05, 3.63) is 33.8 Å². The number of amides is 2. The van der Waals surface area contributed by atoms with Gasteiger partial charge in [0, 0.05) is 19.6 Å². The molecule has 7 heteroatoms. The number of likely N-dealkylation sites (N-methyl/N-ethyl adjacent to an activating group) is 2. The molecule has 1 aromatic rings. The molecule has 24 heavy (non-hydrogen) atoms. The van der Waals surface area contributed by atoms with Gasteiger partial charge in [-0.15, -0.1) is 0 Å². The van der Waals surface area contributed by atoms with E-state index < -0.39 is 0 Å². The average molecular weight is 372 g/mol. The van der Waals surface area contributed by atoms with E-state index >= 15 is 0 Å². The lowest BCUT2D eigenvalue weighted by atomic mass is 10.2. The Labute approximate surface area is 152 Å². The largest absolute Gasteiger partial charge is 0.352 e. The van der Waals surface area contributed by atoms with Gasteiger partial charge >= 0.3 is 0 Å². The van der Waals surface area contributed by atoms with Gasteiger partial charge in [-0.05, 0) is 44.5 Å². The van der Waals surface area contributed by atoms with Crippen molar-refractivity contribution in [1.82, 2.24) is 15.1 Å². The molecule has 1 N–H and O–H groups in total. The molecule has 0 bridgehead atoms. The maximum Gasteiger partial charge on any atom is 0.239 e. The van der Waals surface area contributed by atoms with Crippen LogP contribution in [0.1, 0.15) is 25.3 Å². The Kier molecular flexibility index (Phi) is 6.49. The molecular formula is C17H23Cl2N3O2. The first-order chi connectivity index (χ1) is 11.3. The van der Waals surface area contributed by atoms with Gasteiger partial charge in [0.2, 0.25) is 11.8 Å².